The van der Waals surface area contributed by atoms with Crippen molar-refractivity contribution in [3.8, 4) is 5.88 Å². The Morgan fingerprint density at radius 3 is 2.67 bits per heavy atom. The molecule has 58 valence electrons. The van der Waals surface area contributed by atoms with Crippen LogP contribution in [0.2, 0.25) is 0 Å². The van der Waals surface area contributed by atoms with E-state index in [-0.39, 0.29) is 27.9 Å². The van der Waals surface area contributed by atoms with Gasteiger partial charge in [0.1, 0.15) is 12.8 Å². The molecule has 0 spiro atoms. The fourth-order valence-electron chi connectivity index (χ4n) is 1.19. The first kappa shape index (κ1) is 7.36. The summed E-state index contributed by atoms with van der Waals surface area (Å²) in [6.45, 7) is 0. The van der Waals surface area contributed by atoms with Crippen LogP contribution in [0.4, 0.5) is 0 Å². The Kier molecular flexibility index (Phi) is 1.29. The van der Waals surface area contributed by atoms with Crippen LogP contribution in [0.25, 0.3) is 0 Å². The Balaban J connectivity index is 2.78. The molecule has 6 heteroatoms. The van der Waals surface area contributed by atoms with Gasteiger partial charge in [0, 0.05) is 0 Å². The molecule has 1 aromatic rings. The second-order valence-corrected chi connectivity index (χ2v) is 2.83. The maximum absolute atomic E-state index is 11.1. The number of carbonyl (C=O) groups is 1. The van der Waals surface area contributed by atoms with Gasteiger partial charge in [-0.2, -0.15) is 0 Å². The lowest BCUT2D eigenvalue weighted by molar-refractivity contribution is 0.0985. The number of hydrogen-bond acceptors (Lipinski definition) is 3. The fourth-order valence-corrected chi connectivity index (χ4v) is 1.48. The van der Waals surface area contributed by atoms with Crippen molar-refractivity contribution >= 4 is 36.6 Å². The van der Waals surface area contributed by atoms with Crippen LogP contribution in [0.5, 0.6) is 5.88 Å². The third-order valence-corrected chi connectivity index (χ3v) is 2.00. The predicted molar refractivity (Wildman–Crippen MR) is 47.0 cm³/mol. The highest BCUT2D eigenvalue weighted by atomic mass is 32.1. The summed E-state index contributed by atoms with van der Waals surface area (Å²) < 4.78 is 0. The normalized spacial score (nSPS) is 14.7. The number of fused-ring (bicyclic) bond motifs is 1. The van der Waals surface area contributed by atoms with Gasteiger partial charge in [-0.25, -0.2) is 0 Å². The Bertz CT molecular complexity index is 364. The lowest BCUT2D eigenvalue weighted by atomic mass is 9.98. The molecule has 2 heterocycles. The fraction of sp³-hybridized carbons (Fsp3) is 0. The van der Waals surface area contributed by atoms with E-state index in [9.17, 15) is 9.90 Å². The number of nitrogens with one attached hydrogen (secondary N) is 2. The zero-order valence-electron chi connectivity index (χ0n) is 5.84. The Hall–Kier alpha value is -1.30. The molecule has 2 rings (SSSR count). The van der Waals surface area contributed by atoms with E-state index in [1.165, 1.54) is 0 Å². The summed E-state index contributed by atoms with van der Waals surface area (Å²) in [5.74, 6) is -0.532. The van der Waals surface area contributed by atoms with E-state index in [0.29, 0.717) is 5.56 Å². The number of thiocarbonyl (C=S) groups is 1. The largest absolute Gasteiger partial charge is 0.494 e. The number of aromatic nitrogens is 1. The first-order valence-corrected chi connectivity index (χ1v) is 3.58. The highest BCUT2D eigenvalue weighted by molar-refractivity contribution is 7.80. The van der Waals surface area contributed by atoms with E-state index in [4.69, 9.17) is 20.1 Å². The molecule has 0 aromatic carbocycles. The van der Waals surface area contributed by atoms with Gasteiger partial charge < -0.3 is 15.4 Å². The van der Waals surface area contributed by atoms with Crippen molar-refractivity contribution in [1.82, 2.24) is 10.3 Å². The van der Waals surface area contributed by atoms with Crippen LogP contribution in [0.3, 0.4) is 0 Å². The summed E-state index contributed by atoms with van der Waals surface area (Å²) in [6.07, 6.45) is 0. The Labute approximate surface area is 74.4 Å². The molecule has 0 bridgehead atoms. The average Bonchev–Trinajstić information content (AvgIpc) is 2.38. The maximum atomic E-state index is 11.1. The summed E-state index contributed by atoms with van der Waals surface area (Å²) in [4.78, 5) is 13.7. The van der Waals surface area contributed by atoms with Gasteiger partial charge in [-0.15, -0.1) is 0 Å². The van der Waals surface area contributed by atoms with Gasteiger partial charge >= 0.3 is 0 Å². The summed E-state index contributed by atoms with van der Waals surface area (Å²) >= 11 is 4.78. The number of hydrogen-bond donors (Lipinski definition) is 3. The quantitative estimate of drug-likeness (QED) is 0.350. The van der Waals surface area contributed by atoms with Crippen molar-refractivity contribution < 1.29 is 9.90 Å². The lowest BCUT2D eigenvalue weighted by Gasteiger charge is -1.93. The van der Waals surface area contributed by atoms with E-state index in [1.54, 1.807) is 0 Å². The number of carbonyl (C=O) groups excluding carboxylic acids is 1. The number of rotatable bonds is 0. The van der Waals surface area contributed by atoms with E-state index in [2.05, 4.69) is 10.3 Å². The molecular formula is C6H3BN2O2S. The summed E-state index contributed by atoms with van der Waals surface area (Å²) in [7, 11) is 5.41. The van der Waals surface area contributed by atoms with E-state index >= 15 is 0 Å². The average molecular weight is 178 g/mol. The number of amides is 1. The number of aromatic amines is 1. The van der Waals surface area contributed by atoms with Gasteiger partial charge in [0.2, 0.25) is 0 Å². The van der Waals surface area contributed by atoms with E-state index in [0.717, 1.165) is 0 Å². The summed E-state index contributed by atoms with van der Waals surface area (Å²) in [6, 6.07) is 0. The van der Waals surface area contributed by atoms with Gasteiger partial charge in [-0.3, -0.25) is 4.79 Å². The van der Waals surface area contributed by atoms with Crippen molar-refractivity contribution in [1.29, 1.82) is 0 Å². The minimum Gasteiger partial charge on any atom is -0.494 e. The van der Waals surface area contributed by atoms with Crippen molar-refractivity contribution in [2.45, 2.75) is 0 Å². The zero-order valence-corrected chi connectivity index (χ0v) is 6.66. The zero-order chi connectivity index (χ0) is 8.88. The van der Waals surface area contributed by atoms with E-state index in [1.807, 2.05) is 0 Å². The topological polar surface area (TPSA) is 65.1 Å². The van der Waals surface area contributed by atoms with Gasteiger partial charge in [0.05, 0.1) is 11.1 Å². The third-order valence-electron chi connectivity index (χ3n) is 1.69. The third kappa shape index (κ3) is 0.725. The second-order valence-electron chi connectivity index (χ2n) is 2.42. The predicted octanol–water partition coefficient (Wildman–Crippen LogP) is -1.07. The van der Waals surface area contributed by atoms with Gasteiger partial charge in [-0.1, -0.05) is 12.2 Å². The Morgan fingerprint density at radius 1 is 1.42 bits per heavy atom. The van der Waals surface area contributed by atoms with Crippen LogP contribution in [0.1, 0.15) is 15.9 Å². The number of aromatic hydroxyl groups is 1. The first-order chi connectivity index (χ1) is 5.61. The molecule has 1 aliphatic heterocycles. The minimum absolute atomic E-state index is 0.139. The molecule has 4 nitrogen and oxygen atoms in total. The molecule has 3 N–H and O–H groups in total. The maximum Gasteiger partial charge on any atom is 0.258 e. The van der Waals surface area contributed by atoms with Gasteiger partial charge in [0.15, 0.2) is 5.88 Å². The van der Waals surface area contributed by atoms with Crippen molar-refractivity contribution in [2.24, 2.45) is 0 Å². The molecule has 0 fully saturated rings. The van der Waals surface area contributed by atoms with Crippen LogP contribution >= 0.6 is 12.2 Å². The molecule has 0 atom stereocenters. The number of H-pyrrole nitrogens is 1. The summed E-state index contributed by atoms with van der Waals surface area (Å²) in [5.41, 5.74) is 0.671. The van der Waals surface area contributed by atoms with Crippen LogP contribution in [0.15, 0.2) is 0 Å². The molecule has 2 radical (unpaired) electrons. The molecule has 0 saturated carbocycles. The molecular weight excluding hydrogens is 175 g/mol. The molecule has 0 unspecified atom stereocenters. The van der Waals surface area contributed by atoms with Crippen LogP contribution in [-0.4, -0.2) is 28.8 Å². The van der Waals surface area contributed by atoms with E-state index < -0.39 is 0 Å². The van der Waals surface area contributed by atoms with Crippen LogP contribution in [-0.2, 0) is 0 Å². The first-order valence-electron chi connectivity index (χ1n) is 3.17. The second kappa shape index (κ2) is 2.10. The summed E-state index contributed by atoms with van der Waals surface area (Å²) in [5, 5.41) is 11.6. The van der Waals surface area contributed by atoms with Crippen molar-refractivity contribution in [3.05, 3.63) is 11.1 Å². The van der Waals surface area contributed by atoms with Crippen LogP contribution in [0, 0.1) is 0 Å². The smallest absolute Gasteiger partial charge is 0.258 e. The molecule has 1 amide bonds. The van der Waals surface area contributed by atoms with Crippen molar-refractivity contribution in [2.75, 3.05) is 0 Å². The molecule has 0 aliphatic carbocycles. The molecule has 1 aromatic heterocycles. The monoisotopic (exact) mass is 178 g/mol. The highest BCUT2D eigenvalue weighted by Gasteiger charge is 2.30. The molecule has 12 heavy (non-hydrogen) atoms. The van der Waals surface area contributed by atoms with Gasteiger partial charge in [0.25, 0.3) is 5.91 Å². The SMILES string of the molecule is [B]c1[nH]c(O)c2c1C(=O)NC2=S. The Morgan fingerprint density at radius 2 is 2.08 bits per heavy atom. The molecule has 0 saturated heterocycles. The standard InChI is InChI=1S/C6H3BN2O2S/c7-3-1-2(5(11)8-3)6(12)9-4(1)10/h8,11H,(H,9,10,12). The molecule has 1 aliphatic rings. The minimum atomic E-state index is -0.371. The van der Waals surface area contributed by atoms with Crippen molar-refractivity contribution in [3.63, 3.8) is 0 Å². The lowest BCUT2D eigenvalue weighted by Crippen LogP contribution is -2.23. The highest BCUT2D eigenvalue weighted by Crippen LogP contribution is 2.22. The van der Waals surface area contributed by atoms with Crippen LogP contribution < -0.4 is 10.9 Å². The van der Waals surface area contributed by atoms with Gasteiger partial charge in [-0.05, 0) is 5.59 Å².